The number of benzene rings is 6. The minimum atomic E-state index is -0.547. The number of anilines is 6. The van der Waals surface area contributed by atoms with Crippen molar-refractivity contribution < 1.29 is 0 Å². The summed E-state index contributed by atoms with van der Waals surface area (Å²) in [6.45, 7) is 0. The van der Waals surface area contributed by atoms with Crippen LogP contribution >= 0.6 is 34.8 Å². The van der Waals surface area contributed by atoms with E-state index in [2.05, 4.69) is 76.2 Å². The van der Waals surface area contributed by atoms with Crippen molar-refractivity contribution in [3.63, 3.8) is 0 Å². The van der Waals surface area contributed by atoms with Crippen LogP contribution in [-0.4, -0.2) is 43.6 Å². The van der Waals surface area contributed by atoms with E-state index in [9.17, 15) is 19.6 Å². The first kappa shape index (κ1) is 52.7. The van der Waals surface area contributed by atoms with E-state index in [-0.39, 0.29) is 29.4 Å². The minimum Gasteiger partial charge on any atom is -0.339 e. The molecule has 4 unspecified atom stereocenters. The fraction of sp³-hybridized carbons (Fsp3) is 0.134. The number of nitrogens with one attached hydrogen (secondary N) is 3. The molecule has 86 heavy (non-hydrogen) atoms. The van der Waals surface area contributed by atoms with E-state index >= 15 is 0 Å². The van der Waals surface area contributed by atoms with Crippen LogP contribution in [0.25, 0.3) is 49.8 Å². The normalized spacial score (nSPS) is 16.9. The Kier molecular flexibility index (Phi) is 13.0. The lowest BCUT2D eigenvalue weighted by Crippen LogP contribution is -2.23. The smallest absolute Gasteiger partial charge is 0.339 e. The monoisotopic (exact) mass is 1190 g/mol. The summed E-state index contributed by atoms with van der Waals surface area (Å²) in [5.41, 5.74) is 8.92. The van der Waals surface area contributed by atoms with Gasteiger partial charge in [-0.3, -0.25) is 23.7 Å². The number of nitrogens with zero attached hydrogens (tertiary/aromatic N) is 10. The topological polar surface area (TPSA) is 203 Å². The highest BCUT2D eigenvalue weighted by atomic mass is 35.5. The first-order valence-electron chi connectivity index (χ1n) is 28.0. The van der Waals surface area contributed by atoms with Crippen molar-refractivity contribution in [2.45, 2.75) is 55.3 Å². The maximum Gasteiger partial charge on any atom is 0.354 e. The van der Waals surface area contributed by atoms with Gasteiger partial charge >= 0.3 is 17.1 Å². The Balaban J connectivity index is 0.786. The summed E-state index contributed by atoms with van der Waals surface area (Å²) in [4.78, 5) is 69.4. The number of aromatic nitrogens is 9. The molecule has 4 atom stereocenters. The molecule has 3 fully saturated rings. The van der Waals surface area contributed by atoms with E-state index in [1.807, 2.05) is 97.1 Å². The molecule has 19 heteroatoms. The Morgan fingerprint density at radius 1 is 0.465 bits per heavy atom. The minimum absolute atomic E-state index is 0.00484. The summed E-state index contributed by atoms with van der Waals surface area (Å²) in [6.07, 6.45) is 11.9. The van der Waals surface area contributed by atoms with Gasteiger partial charge in [-0.25, -0.2) is 19.4 Å². The molecule has 12 aromatic rings. The third-order valence-corrected chi connectivity index (χ3v) is 17.8. The van der Waals surface area contributed by atoms with Gasteiger partial charge in [0.2, 0.25) is 0 Å². The van der Waals surface area contributed by atoms with Crippen LogP contribution in [0, 0.1) is 11.3 Å². The second-order valence-corrected chi connectivity index (χ2v) is 23.1. The lowest BCUT2D eigenvalue weighted by atomic mass is 10.0. The highest BCUT2D eigenvalue weighted by Gasteiger charge is 2.43. The second kappa shape index (κ2) is 21.2. The van der Waals surface area contributed by atoms with Gasteiger partial charge in [-0.15, -0.1) is 0 Å². The van der Waals surface area contributed by atoms with Gasteiger partial charge in [-0.2, -0.15) is 20.2 Å². The lowest BCUT2D eigenvalue weighted by Gasteiger charge is -2.18. The molecule has 0 aliphatic heterocycles. The molecular weight excluding hydrogens is 1140 g/mol. The van der Waals surface area contributed by atoms with Crippen molar-refractivity contribution in [1.29, 1.82) is 5.26 Å². The van der Waals surface area contributed by atoms with Crippen LogP contribution in [0.1, 0.15) is 88.8 Å². The predicted molar refractivity (Wildman–Crippen MR) is 336 cm³/mol. The molecule has 3 aliphatic rings. The van der Waals surface area contributed by atoms with E-state index in [1.165, 1.54) is 16.3 Å². The zero-order chi connectivity index (χ0) is 58.3. The van der Waals surface area contributed by atoms with Gasteiger partial charge in [-0.1, -0.05) is 89.4 Å². The van der Waals surface area contributed by atoms with Crippen molar-refractivity contribution in [2.24, 2.45) is 0 Å². The number of para-hydroxylation sites is 1. The molecule has 6 heterocycles. The molecule has 15 rings (SSSR count). The van der Waals surface area contributed by atoms with E-state index < -0.39 is 17.1 Å². The first-order valence-corrected chi connectivity index (χ1v) is 29.2. The predicted octanol–water partition coefficient (Wildman–Crippen LogP) is 14.5. The molecule has 0 bridgehead atoms. The zero-order valence-corrected chi connectivity index (χ0v) is 47.6. The van der Waals surface area contributed by atoms with E-state index in [1.54, 1.807) is 64.3 Å². The Morgan fingerprint density at radius 3 is 1.50 bits per heavy atom. The molecule has 6 aromatic heterocycles. The first-order chi connectivity index (χ1) is 42.0. The molecule has 3 saturated carbocycles. The highest BCUT2D eigenvalue weighted by Crippen LogP contribution is 2.59. The van der Waals surface area contributed by atoms with Crippen molar-refractivity contribution >= 4 is 102 Å². The van der Waals surface area contributed by atoms with Gasteiger partial charge < -0.3 is 16.0 Å². The molecule has 0 saturated heterocycles. The average molecular weight is 1190 g/mol. The average Bonchev–Trinajstić information content (AvgIpc) is 1.47. The largest absolute Gasteiger partial charge is 0.354 e. The summed E-state index contributed by atoms with van der Waals surface area (Å²) in [5.74, 6) is 1.52. The maximum atomic E-state index is 14.8. The van der Waals surface area contributed by atoms with Crippen LogP contribution in [0.5, 0.6) is 0 Å². The number of nitriles is 1. The summed E-state index contributed by atoms with van der Waals surface area (Å²) in [7, 11) is 0. The van der Waals surface area contributed by atoms with Gasteiger partial charge in [-0.05, 0) is 180 Å². The number of pyridine rings is 3. The van der Waals surface area contributed by atoms with Crippen LogP contribution in [-0.2, 0) is 0 Å². The fourth-order valence-electron chi connectivity index (χ4n) is 12.1. The SMILES string of the molecule is N#Cc1cc(Nc2nc(=O)n(-c3ccccc3Cl)c3cc(C4CC4c4cccc(-n5c(=O)nc(Nc6ccncc6)c6ccc(C7CC7c7cccc(-n8c(=O)nc(Nc9cccnc9)c9ccc(C%10CC%10)cc98)c7Cl)cc65)c4Cl)ccc23)ccn1. The van der Waals surface area contributed by atoms with Crippen molar-refractivity contribution in [3.05, 3.63) is 263 Å². The Morgan fingerprint density at radius 2 is 0.965 bits per heavy atom. The number of hydrogen-bond acceptors (Lipinski definition) is 13. The maximum absolute atomic E-state index is 14.8. The van der Waals surface area contributed by atoms with Gasteiger partial charge in [0.1, 0.15) is 29.2 Å². The van der Waals surface area contributed by atoms with Crippen LogP contribution in [0.2, 0.25) is 15.1 Å². The van der Waals surface area contributed by atoms with Gasteiger partial charge in [0.15, 0.2) is 0 Å². The van der Waals surface area contributed by atoms with Crippen LogP contribution < -0.4 is 33.0 Å². The third kappa shape index (κ3) is 9.55. The summed E-state index contributed by atoms with van der Waals surface area (Å²) in [5, 5.41) is 22.8. The molecule has 16 nitrogen and oxygen atoms in total. The van der Waals surface area contributed by atoms with Crippen LogP contribution in [0.3, 0.4) is 0 Å². The molecule has 0 radical (unpaired) electrons. The van der Waals surface area contributed by atoms with Crippen LogP contribution in [0.4, 0.5) is 34.5 Å². The number of fused-ring (bicyclic) bond motifs is 3. The summed E-state index contributed by atoms with van der Waals surface area (Å²) < 4.78 is 4.74. The number of hydrogen-bond donors (Lipinski definition) is 3. The van der Waals surface area contributed by atoms with Crippen molar-refractivity contribution in [1.82, 2.24) is 43.6 Å². The fourth-order valence-corrected chi connectivity index (χ4v) is 13.1. The Bertz CT molecular complexity index is 5010. The summed E-state index contributed by atoms with van der Waals surface area (Å²) in [6, 6.07) is 49.7. The molecular formula is C67H46Cl3N13O3. The van der Waals surface area contributed by atoms with E-state index in [0.717, 1.165) is 53.3 Å². The molecule has 0 amide bonds. The number of rotatable bonds is 14. The Labute approximate surface area is 505 Å². The zero-order valence-electron chi connectivity index (χ0n) is 45.4. The van der Waals surface area contributed by atoms with E-state index in [0.29, 0.717) is 99.9 Å². The van der Waals surface area contributed by atoms with Crippen LogP contribution in [0.15, 0.2) is 197 Å². The Hall–Kier alpha value is -10.1. The molecule has 418 valence electrons. The highest BCUT2D eigenvalue weighted by molar-refractivity contribution is 6.34. The van der Waals surface area contributed by atoms with Gasteiger partial charge in [0, 0.05) is 52.3 Å². The molecule has 3 N–H and O–H groups in total. The lowest BCUT2D eigenvalue weighted by molar-refractivity contribution is 0.943. The number of halogens is 3. The standard InChI is InChI=1S/C67H46Cl3N13O3/c68-53-9-1-2-10-54(53)81-58-29-38(16-19-47(58)63(79-65(81)84)76-41-23-27-74-43(31-41)34-71)49-32-51(49)45-8-4-12-56(61(45)70)83-59-30-39(17-20-48(59)62(78-66(83)85)75-40-21-25-72-26-22-40)50-33-52(50)44-7-3-11-55(60(44)69)82-57-28-37(36-13-14-36)15-18-46(57)64(80-67(82)86)77-42-6-5-24-73-35-42/h1-12,15-31,35-36,49-52H,13-14,32-33H2,(H,77,80,86)(H,72,75,78,85)(H,74,76,79,84). The van der Waals surface area contributed by atoms with Crippen molar-refractivity contribution in [3.8, 4) is 23.1 Å². The summed E-state index contributed by atoms with van der Waals surface area (Å²) >= 11 is 21.9. The van der Waals surface area contributed by atoms with Gasteiger partial charge in [0.05, 0.1) is 60.6 Å². The van der Waals surface area contributed by atoms with Crippen molar-refractivity contribution in [2.75, 3.05) is 16.0 Å². The second-order valence-electron chi connectivity index (χ2n) is 21.9. The van der Waals surface area contributed by atoms with E-state index in [4.69, 9.17) is 34.8 Å². The molecule has 6 aromatic carbocycles. The molecule has 0 spiro atoms. The third-order valence-electron chi connectivity index (χ3n) is 16.6. The van der Waals surface area contributed by atoms with Gasteiger partial charge in [0.25, 0.3) is 0 Å². The molecule has 3 aliphatic carbocycles. The quantitative estimate of drug-likeness (QED) is 0.0929.